The smallest absolute Gasteiger partial charge is 0.325 e. The number of anilines is 1. The van der Waals surface area contributed by atoms with Crippen LogP contribution in [0.4, 0.5) is 10.5 Å². The number of carbonyl (C=O) groups is 3. The molecule has 3 rings (SSSR count). The highest BCUT2D eigenvalue weighted by atomic mass is 16.5. The summed E-state index contributed by atoms with van der Waals surface area (Å²) in [5, 5.41) is 5.63. The molecule has 2 fully saturated rings. The van der Waals surface area contributed by atoms with Crippen LogP contribution in [0.15, 0.2) is 18.2 Å². The van der Waals surface area contributed by atoms with E-state index in [2.05, 4.69) is 31.4 Å². The predicted molar refractivity (Wildman–Crippen MR) is 111 cm³/mol. The lowest BCUT2D eigenvalue weighted by atomic mass is 9.67. The van der Waals surface area contributed by atoms with E-state index < -0.39 is 17.5 Å². The van der Waals surface area contributed by atoms with Gasteiger partial charge < -0.3 is 15.4 Å². The van der Waals surface area contributed by atoms with Gasteiger partial charge in [0.25, 0.3) is 5.91 Å². The maximum absolute atomic E-state index is 13.1. The zero-order valence-electron chi connectivity index (χ0n) is 17.9. The number of benzene rings is 1. The summed E-state index contributed by atoms with van der Waals surface area (Å²) in [6, 6.07) is 4.94. The monoisotopic (exact) mass is 401 g/mol. The first-order chi connectivity index (χ1) is 13.6. The van der Waals surface area contributed by atoms with Gasteiger partial charge in [-0.2, -0.15) is 0 Å². The third-order valence-electron chi connectivity index (χ3n) is 6.24. The molecule has 1 aliphatic heterocycles. The number of ether oxygens (including phenoxy) is 1. The molecule has 2 N–H and O–H groups in total. The van der Waals surface area contributed by atoms with Crippen LogP contribution < -0.4 is 15.4 Å². The Kier molecular flexibility index (Phi) is 5.61. The molecule has 0 bridgehead atoms. The van der Waals surface area contributed by atoms with E-state index in [4.69, 9.17) is 4.74 Å². The van der Waals surface area contributed by atoms with Gasteiger partial charge in [0.05, 0.1) is 12.8 Å². The predicted octanol–water partition coefficient (Wildman–Crippen LogP) is 3.47. The van der Waals surface area contributed by atoms with Crippen molar-refractivity contribution in [3.8, 4) is 5.75 Å². The van der Waals surface area contributed by atoms with Crippen molar-refractivity contribution < 1.29 is 19.1 Å². The highest BCUT2D eigenvalue weighted by Crippen LogP contribution is 2.43. The summed E-state index contributed by atoms with van der Waals surface area (Å²) in [7, 11) is 1.52. The Morgan fingerprint density at radius 2 is 1.93 bits per heavy atom. The third-order valence-corrected chi connectivity index (χ3v) is 6.24. The van der Waals surface area contributed by atoms with Gasteiger partial charge in [-0.1, -0.05) is 26.8 Å². The third kappa shape index (κ3) is 4.23. The van der Waals surface area contributed by atoms with Gasteiger partial charge in [-0.05, 0) is 61.6 Å². The van der Waals surface area contributed by atoms with Gasteiger partial charge in [0.1, 0.15) is 17.8 Å². The molecule has 1 aliphatic carbocycles. The average molecular weight is 402 g/mol. The Balaban J connectivity index is 1.67. The minimum absolute atomic E-state index is 0.180. The zero-order chi connectivity index (χ0) is 21.4. The molecule has 2 aliphatic rings. The van der Waals surface area contributed by atoms with Gasteiger partial charge in [-0.25, -0.2) is 4.79 Å². The minimum atomic E-state index is -0.861. The van der Waals surface area contributed by atoms with E-state index in [9.17, 15) is 14.4 Å². The van der Waals surface area contributed by atoms with E-state index in [1.54, 1.807) is 12.1 Å². The minimum Gasteiger partial charge on any atom is -0.495 e. The number of urea groups is 1. The molecule has 0 atom stereocenters. The Bertz CT molecular complexity index is 820. The van der Waals surface area contributed by atoms with Crippen molar-refractivity contribution in [1.29, 1.82) is 0 Å². The van der Waals surface area contributed by atoms with E-state index in [1.165, 1.54) is 7.11 Å². The highest BCUT2D eigenvalue weighted by molar-refractivity contribution is 6.10. The molecule has 1 aromatic rings. The van der Waals surface area contributed by atoms with Crippen LogP contribution in [0.3, 0.4) is 0 Å². The first kappa shape index (κ1) is 21.1. The lowest BCUT2D eigenvalue weighted by molar-refractivity contribution is -0.135. The second-order valence-corrected chi connectivity index (χ2v) is 9.30. The van der Waals surface area contributed by atoms with Gasteiger partial charge in [0, 0.05) is 0 Å². The van der Waals surface area contributed by atoms with Crippen LogP contribution in [-0.2, 0) is 9.59 Å². The molecule has 7 heteroatoms. The standard InChI is InChI=1S/C22H31N3O4/c1-14-6-7-17(29-5)16(12-14)23-18(26)13-25-19(27)22(24-20(25)28)10-8-15(9-11-22)21(2,3)4/h6-7,12,15H,8-11,13H2,1-5H3,(H,23,26)(H,24,28). The van der Waals surface area contributed by atoms with Crippen LogP contribution in [-0.4, -0.2) is 41.9 Å². The molecule has 29 heavy (non-hydrogen) atoms. The summed E-state index contributed by atoms with van der Waals surface area (Å²) >= 11 is 0. The molecule has 7 nitrogen and oxygen atoms in total. The first-order valence-electron chi connectivity index (χ1n) is 10.1. The maximum atomic E-state index is 13.1. The van der Waals surface area contributed by atoms with Crippen LogP contribution in [0.1, 0.15) is 52.0 Å². The van der Waals surface area contributed by atoms with Crippen molar-refractivity contribution >= 4 is 23.5 Å². The number of aryl methyl sites for hydroxylation is 1. The van der Waals surface area contributed by atoms with Crippen molar-refractivity contribution in [2.24, 2.45) is 11.3 Å². The number of methoxy groups -OCH3 is 1. The maximum Gasteiger partial charge on any atom is 0.325 e. The van der Waals surface area contributed by atoms with E-state index in [1.807, 2.05) is 13.0 Å². The second-order valence-electron chi connectivity index (χ2n) is 9.30. The number of hydrogen-bond acceptors (Lipinski definition) is 4. The van der Waals surface area contributed by atoms with Gasteiger partial charge in [-0.3, -0.25) is 14.5 Å². The lowest BCUT2D eigenvalue weighted by Gasteiger charge is -2.40. The molecular weight excluding hydrogens is 370 g/mol. The Hall–Kier alpha value is -2.57. The Morgan fingerprint density at radius 3 is 2.52 bits per heavy atom. The fourth-order valence-electron chi connectivity index (χ4n) is 4.39. The number of nitrogens with one attached hydrogen (secondary N) is 2. The summed E-state index contributed by atoms with van der Waals surface area (Å²) in [6.45, 7) is 8.22. The van der Waals surface area contributed by atoms with Gasteiger partial charge in [0.2, 0.25) is 5.91 Å². The van der Waals surface area contributed by atoms with Crippen molar-refractivity contribution in [3.05, 3.63) is 23.8 Å². The van der Waals surface area contributed by atoms with Crippen LogP contribution in [0.25, 0.3) is 0 Å². The van der Waals surface area contributed by atoms with Crippen LogP contribution in [0.5, 0.6) is 5.75 Å². The normalized spacial score (nSPS) is 24.6. The van der Waals surface area contributed by atoms with E-state index >= 15 is 0 Å². The Labute approximate surface area is 172 Å². The summed E-state index contributed by atoms with van der Waals surface area (Å²) in [6.07, 6.45) is 3.00. The molecule has 1 heterocycles. The second kappa shape index (κ2) is 7.69. The van der Waals surface area contributed by atoms with Gasteiger partial charge in [0.15, 0.2) is 0 Å². The van der Waals surface area contributed by atoms with Gasteiger partial charge in [-0.15, -0.1) is 0 Å². The summed E-state index contributed by atoms with van der Waals surface area (Å²) in [5.74, 6) is 0.320. The van der Waals surface area contributed by atoms with E-state index in [0.717, 1.165) is 23.3 Å². The van der Waals surface area contributed by atoms with Crippen LogP contribution >= 0.6 is 0 Å². The molecule has 1 saturated heterocycles. The molecule has 4 amide bonds. The average Bonchev–Trinajstić information content (AvgIpc) is 2.85. The molecule has 0 unspecified atom stereocenters. The van der Waals surface area contributed by atoms with Gasteiger partial charge >= 0.3 is 6.03 Å². The van der Waals surface area contributed by atoms with Crippen molar-refractivity contribution in [2.75, 3.05) is 19.0 Å². The summed E-state index contributed by atoms with van der Waals surface area (Å²) < 4.78 is 5.27. The Morgan fingerprint density at radius 1 is 1.28 bits per heavy atom. The highest BCUT2D eigenvalue weighted by Gasteiger charge is 2.53. The topological polar surface area (TPSA) is 87.7 Å². The number of rotatable bonds is 4. The lowest BCUT2D eigenvalue weighted by Crippen LogP contribution is -2.50. The number of nitrogens with zero attached hydrogens (tertiary/aromatic N) is 1. The first-order valence-corrected chi connectivity index (χ1v) is 10.1. The molecule has 1 saturated carbocycles. The van der Waals surface area contributed by atoms with Crippen molar-refractivity contribution in [3.63, 3.8) is 0 Å². The summed E-state index contributed by atoms with van der Waals surface area (Å²) in [5.41, 5.74) is 0.801. The zero-order valence-corrected chi connectivity index (χ0v) is 17.9. The molecule has 0 aromatic heterocycles. The van der Waals surface area contributed by atoms with E-state index in [0.29, 0.717) is 30.2 Å². The number of imide groups is 1. The number of carbonyl (C=O) groups excluding carboxylic acids is 3. The fourth-order valence-corrected chi connectivity index (χ4v) is 4.39. The van der Waals surface area contributed by atoms with Crippen molar-refractivity contribution in [1.82, 2.24) is 10.2 Å². The summed E-state index contributed by atoms with van der Waals surface area (Å²) in [4.78, 5) is 39.1. The fraction of sp³-hybridized carbons (Fsp3) is 0.591. The quantitative estimate of drug-likeness (QED) is 0.756. The molecule has 1 aromatic carbocycles. The SMILES string of the molecule is COc1ccc(C)cc1NC(=O)CN1C(=O)NC2(CCC(C(C)(C)C)CC2)C1=O. The number of hydrogen-bond donors (Lipinski definition) is 2. The van der Waals surface area contributed by atoms with Crippen LogP contribution in [0, 0.1) is 18.3 Å². The van der Waals surface area contributed by atoms with E-state index in [-0.39, 0.29) is 17.9 Å². The number of amides is 4. The molecule has 0 radical (unpaired) electrons. The van der Waals surface area contributed by atoms with Crippen LogP contribution in [0.2, 0.25) is 0 Å². The van der Waals surface area contributed by atoms with Crippen molar-refractivity contribution in [2.45, 2.75) is 58.9 Å². The molecule has 1 spiro atoms. The largest absolute Gasteiger partial charge is 0.495 e. The molecule has 158 valence electrons. The molecular formula is C22H31N3O4.